The van der Waals surface area contributed by atoms with E-state index in [0.29, 0.717) is 36.2 Å². The molecular weight excluding hydrogens is 308 g/mol. The van der Waals surface area contributed by atoms with E-state index in [2.05, 4.69) is 20.4 Å². The highest BCUT2D eigenvalue weighted by Crippen LogP contribution is 2.23. The summed E-state index contributed by atoms with van der Waals surface area (Å²) in [5.74, 6) is 1.27. The minimum atomic E-state index is 0.0000320. The highest BCUT2D eigenvalue weighted by molar-refractivity contribution is 5.76. The van der Waals surface area contributed by atoms with Gasteiger partial charge in [0, 0.05) is 31.7 Å². The van der Waals surface area contributed by atoms with Crippen molar-refractivity contribution in [3.05, 3.63) is 30.3 Å². The zero-order valence-corrected chi connectivity index (χ0v) is 13.5. The monoisotopic (exact) mass is 330 g/mol. The molecule has 0 spiro atoms. The number of nitrogens with one attached hydrogen (secondary N) is 1. The van der Waals surface area contributed by atoms with Crippen LogP contribution in [0.4, 0.5) is 0 Å². The molecular formula is C17H22N4O3. The van der Waals surface area contributed by atoms with Crippen LogP contribution >= 0.6 is 0 Å². The van der Waals surface area contributed by atoms with Gasteiger partial charge < -0.3 is 14.9 Å². The van der Waals surface area contributed by atoms with Crippen LogP contribution in [-0.4, -0.2) is 38.8 Å². The lowest BCUT2D eigenvalue weighted by Gasteiger charge is -2.27. The molecule has 0 aliphatic heterocycles. The summed E-state index contributed by atoms with van der Waals surface area (Å²) in [6, 6.07) is 5.71. The van der Waals surface area contributed by atoms with E-state index >= 15 is 0 Å². The zero-order valence-electron chi connectivity index (χ0n) is 13.5. The highest BCUT2D eigenvalue weighted by Gasteiger charge is 2.22. The third-order valence-electron chi connectivity index (χ3n) is 4.40. The number of pyridine rings is 1. The summed E-state index contributed by atoms with van der Waals surface area (Å²) in [7, 11) is 0. The number of amides is 1. The van der Waals surface area contributed by atoms with Crippen molar-refractivity contribution in [2.24, 2.45) is 5.92 Å². The zero-order chi connectivity index (χ0) is 16.8. The minimum Gasteiger partial charge on any atom is -0.396 e. The summed E-state index contributed by atoms with van der Waals surface area (Å²) in [5, 5.41) is 16.1. The van der Waals surface area contributed by atoms with E-state index < -0.39 is 0 Å². The predicted molar refractivity (Wildman–Crippen MR) is 86.8 cm³/mol. The van der Waals surface area contributed by atoms with Crippen LogP contribution in [0.25, 0.3) is 11.5 Å². The molecule has 2 heterocycles. The molecule has 1 aliphatic rings. The normalized spacial score (nSPS) is 20.7. The molecule has 0 unspecified atom stereocenters. The van der Waals surface area contributed by atoms with Crippen LogP contribution in [0.3, 0.4) is 0 Å². The summed E-state index contributed by atoms with van der Waals surface area (Å²) in [6.07, 6.45) is 6.21. The van der Waals surface area contributed by atoms with Gasteiger partial charge in [-0.25, -0.2) is 0 Å². The lowest BCUT2D eigenvalue weighted by Crippen LogP contribution is -2.38. The second-order valence-electron chi connectivity index (χ2n) is 6.19. The molecule has 2 aromatic heterocycles. The SMILES string of the molecule is O=C(CCc1nc(-c2ccccn2)no1)NC1CCC(CO)CC1. The Labute approximate surface area is 140 Å². The molecule has 1 aliphatic carbocycles. The van der Waals surface area contributed by atoms with Crippen LogP contribution in [0, 0.1) is 5.92 Å². The molecule has 2 N–H and O–H groups in total. The summed E-state index contributed by atoms with van der Waals surface area (Å²) < 4.78 is 5.18. The van der Waals surface area contributed by atoms with Crippen molar-refractivity contribution in [2.75, 3.05) is 6.61 Å². The van der Waals surface area contributed by atoms with E-state index in [0.717, 1.165) is 25.7 Å². The summed E-state index contributed by atoms with van der Waals surface area (Å²) in [5.41, 5.74) is 0.651. The van der Waals surface area contributed by atoms with E-state index in [1.165, 1.54) is 0 Å². The van der Waals surface area contributed by atoms with Gasteiger partial charge in [-0.1, -0.05) is 11.2 Å². The maximum Gasteiger partial charge on any atom is 0.227 e. The van der Waals surface area contributed by atoms with Gasteiger partial charge in [-0.05, 0) is 43.7 Å². The van der Waals surface area contributed by atoms with Crippen molar-refractivity contribution in [1.82, 2.24) is 20.4 Å². The lowest BCUT2D eigenvalue weighted by molar-refractivity contribution is -0.122. The van der Waals surface area contributed by atoms with Crippen LogP contribution < -0.4 is 5.32 Å². The number of rotatable bonds is 6. The second kappa shape index (κ2) is 8.01. The van der Waals surface area contributed by atoms with Crippen molar-refractivity contribution < 1.29 is 14.4 Å². The van der Waals surface area contributed by atoms with Crippen molar-refractivity contribution in [3.63, 3.8) is 0 Å². The van der Waals surface area contributed by atoms with Crippen LogP contribution in [0.2, 0.25) is 0 Å². The third kappa shape index (κ3) is 4.38. The number of hydrogen-bond acceptors (Lipinski definition) is 6. The number of carbonyl (C=O) groups is 1. The Morgan fingerprint density at radius 3 is 2.83 bits per heavy atom. The maximum absolute atomic E-state index is 12.0. The maximum atomic E-state index is 12.0. The fourth-order valence-corrected chi connectivity index (χ4v) is 2.97. The van der Waals surface area contributed by atoms with Gasteiger partial charge in [-0.15, -0.1) is 0 Å². The fraction of sp³-hybridized carbons (Fsp3) is 0.529. The van der Waals surface area contributed by atoms with Gasteiger partial charge >= 0.3 is 0 Å². The Bertz CT molecular complexity index is 651. The number of aliphatic hydroxyl groups excluding tert-OH is 1. The van der Waals surface area contributed by atoms with Crippen LogP contribution in [-0.2, 0) is 11.2 Å². The molecule has 1 amide bonds. The minimum absolute atomic E-state index is 0.0000320. The molecule has 7 nitrogen and oxygen atoms in total. The van der Waals surface area contributed by atoms with Gasteiger partial charge in [0.1, 0.15) is 5.69 Å². The first kappa shape index (κ1) is 16.6. The Balaban J connectivity index is 1.44. The first-order valence-corrected chi connectivity index (χ1v) is 8.39. The fourth-order valence-electron chi connectivity index (χ4n) is 2.97. The van der Waals surface area contributed by atoms with Gasteiger partial charge in [-0.2, -0.15) is 4.98 Å². The number of hydrogen-bond donors (Lipinski definition) is 2. The van der Waals surface area contributed by atoms with Gasteiger partial charge in [-0.3, -0.25) is 9.78 Å². The molecule has 24 heavy (non-hydrogen) atoms. The van der Waals surface area contributed by atoms with Gasteiger partial charge in [0.25, 0.3) is 0 Å². The van der Waals surface area contributed by atoms with E-state index in [1.807, 2.05) is 18.2 Å². The molecule has 0 bridgehead atoms. The third-order valence-corrected chi connectivity index (χ3v) is 4.40. The average Bonchev–Trinajstić information content (AvgIpc) is 3.10. The van der Waals surface area contributed by atoms with Crippen LogP contribution in [0.1, 0.15) is 38.0 Å². The molecule has 3 rings (SSSR count). The van der Waals surface area contributed by atoms with Crippen LogP contribution in [0.5, 0.6) is 0 Å². The molecule has 128 valence electrons. The van der Waals surface area contributed by atoms with Gasteiger partial charge in [0.2, 0.25) is 17.6 Å². The summed E-state index contributed by atoms with van der Waals surface area (Å²) in [4.78, 5) is 20.5. The smallest absolute Gasteiger partial charge is 0.227 e. The number of carbonyl (C=O) groups excluding carboxylic acids is 1. The molecule has 0 aromatic carbocycles. The van der Waals surface area contributed by atoms with E-state index in [-0.39, 0.29) is 18.6 Å². The molecule has 2 aromatic rings. The largest absolute Gasteiger partial charge is 0.396 e. The highest BCUT2D eigenvalue weighted by atomic mass is 16.5. The molecule has 0 radical (unpaired) electrons. The first-order valence-electron chi connectivity index (χ1n) is 8.39. The van der Waals surface area contributed by atoms with Gasteiger partial charge in [0.05, 0.1) is 0 Å². The first-order chi connectivity index (χ1) is 11.7. The Hall–Kier alpha value is -2.28. The molecule has 7 heteroatoms. The average molecular weight is 330 g/mol. The van der Waals surface area contributed by atoms with Crippen molar-refractivity contribution in [2.45, 2.75) is 44.6 Å². The summed E-state index contributed by atoms with van der Waals surface area (Å²) in [6.45, 7) is 0.246. The van der Waals surface area contributed by atoms with Crippen LogP contribution in [0.15, 0.2) is 28.9 Å². The predicted octanol–water partition coefficient (Wildman–Crippen LogP) is 1.73. The standard InChI is InChI=1S/C17H22N4O3/c22-11-12-4-6-13(7-5-12)19-15(23)8-9-16-20-17(21-24-16)14-3-1-2-10-18-14/h1-3,10,12-13,22H,4-9,11H2,(H,19,23). The Morgan fingerprint density at radius 2 is 2.12 bits per heavy atom. The molecule has 0 atom stereocenters. The summed E-state index contributed by atoms with van der Waals surface area (Å²) >= 11 is 0. The van der Waals surface area contributed by atoms with E-state index in [4.69, 9.17) is 9.63 Å². The molecule has 1 fully saturated rings. The Morgan fingerprint density at radius 1 is 1.29 bits per heavy atom. The van der Waals surface area contributed by atoms with E-state index in [9.17, 15) is 4.79 Å². The number of nitrogens with zero attached hydrogens (tertiary/aromatic N) is 3. The van der Waals surface area contributed by atoms with Crippen molar-refractivity contribution in [1.29, 1.82) is 0 Å². The second-order valence-corrected chi connectivity index (χ2v) is 6.19. The number of aromatic nitrogens is 3. The number of aliphatic hydroxyl groups is 1. The van der Waals surface area contributed by atoms with E-state index in [1.54, 1.807) is 6.20 Å². The van der Waals surface area contributed by atoms with Gasteiger partial charge in [0.15, 0.2) is 0 Å². The van der Waals surface area contributed by atoms with Crippen molar-refractivity contribution in [3.8, 4) is 11.5 Å². The molecule has 0 saturated heterocycles. The Kier molecular flexibility index (Phi) is 5.53. The molecule has 1 saturated carbocycles. The quantitative estimate of drug-likeness (QED) is 0.836. The lowest BCUT2D eigenvalue weighted by atomic mass is 9.86. The van der Waals surface area contributed by atoms with Crippen molar-refractivity contribution >= 4 is 5.91 Å². The number of aryl methyl sites for hydroxylation is 1. The topological polar surface area (TPSA) is 101 Å².